The first kappa shape index (κ1) is 35.4. The number of carbonyl (C=O) groups is 1. The number of hydrogen-bond donors (Lipinski definition) is 1. The topological polar surface area (TPSA) is 62.7 Å². The zero-order chi connectivity index (χ0) is 24.0. The molecule has 1 aromatic rings. The second-order valence-electron chi connectivity index (χ2n) is 10.5. The van der Waals surface area contributed by atoms with Gasteiger partial charge >= 0.3 is 6.09 Å². The predicted molar refractivity (Wildman–Crippen MR) is 130 cm³/mol. The Labute approximate surface area is 229 Å². The van der Waals surface area contributed by atoms with E-state index in [9.17, 15) is 4.79 Å². The molecule has 1 aromatic heterocycles. The van der Waals surface area contributed by atoms with Gasteiger partial charge < -0.3 is 57.7 Å². The minimum atomic E-state index is -0.377. The van der Waals surface area contributed by atoms with Crippen molar-refractivity contribution in [3.8, 4) is 5.75 Å². The highest BCUT2D eigenvalue weighted by molar-refractivity contribution is 5.70. The highest BCUT2D eigenvalue weighted by Crippen LogP contribution is 2.21. The summed E-state index contributed by atoms with van der Waals surface area (Å²) in [7, 11) is 12.2. The number of quaternary nitrogens is 2. The van der Waals surface area contributed by atoms with Crippen LogP contribution in [0.2, 0.25) is 0 Å². The molecule has 9 heteroatoms. The van der Waals surface area contributed by atoms with E-state index in [1.165, 1.54) is 56.3 Å². The van der Waals surface area contributed by atoms with Crippen LogP contribution in [0.1, 0.15) is 57.1 Å². The Kier molecular flexibility index (Phi) is 19.3. The minimum Gasteiger partial charge on any atom is -1.00 e. The van der Waals surface area contributed by atoms with Crippen LogP contribution in [-0.4, -0.2) is 98.6 Å². The number of aromatic nitrogens is 1. The van der Waals surface area contributed by atoms with Crippen molar-refractivity contribution in [2.24, 2.45) is 0 Å². The van der Waals surface area contributed by atoms with Gasteiger partial charge in [-0.15, -0.1) is 0 Å². The molecule has 200 valence electrons. The lowest BCUT2D eigenvalue weighted by Crippen LogP contribution is -3.00. The summed E-state index contributed by atoms with van der Waals surface area (Å²) in [6.07, 6.45) is 11.6. The van der Waals surface area contributed by atoms with Crippen LogP contribution in [0.5, 0.6) is 5.75 Å². The van der Waals surface area contributed by atoms with Gasteiger partial charge in [0.25, 0.3) is 0 Å². The lowest BCUT2D eigenvalue weighted by molar-refractivity contribution is -0.904. The molecule has 0 radical (unpaired) electrons. The van der Waals surface area contributed by atoms with E-state index in [0.29, 0.717) is 5.75 Å². The smallest absolute Gasteiger partial charge is 0.414 e. The maximum absolute atomic E-state index is 11.9. The van der Waals surface area contributed by atoms with Crippen molar-refractivity contribution in [1.82, 2.24) is 9.88 Å². The number of likely N-dealkylation sites (N-methyl/N-ethyl adjacent to an activating group) is 1. The lowest BCUT2D eigenvalue weighted by Gasteiger charge is -2.30. The third-order valence-electron chi connectivity index (χ3n) is 5.97. The van der Waals surface area contributed by atoms with Crippen molar-refractivity contribution in [2.75, 3.05) is 68.5 Å². The molecular formula is C25H48Br2N4O3. The lowest BCUT2D eigenvalue weighted by atomic mass is 10.1. The highest BCUT2D eigenvalue weighted by Gasteiger charge is 2.21. The summed E-state index contributed by atoms with van der Waals surface area (Å²) in [5.41, 5.74) is 0.827. The van der Waals surface area contributed by atoms with Gasteiger partial charge in [-0.25, -0.2) is 4.79 Å². The number of rotatable bonds is 16. The standard InChI is InChI=1S/C25H48N4O3.2BrH/c1-27(2)25(31)32-24-16-15-17-26-23(24)22-29(5,6)19-14-12-10-8-7-9-11-13-18-28(3,4)20-21-30;;/h15-17,30H,7-14,18-22H2,1-6H3;2*1H/q+2;;/p-2. The number of hydrogen-bond acceptors (Lipinski definition) is 4. The zero-order valence-electron chi connectivity index (χ0n) is 22.2. The molecule has 0 fully saturated rings. The van der Waals surface area contributed by atoms with Gasteiger partial charge in [-0.05, 0) is 37.8 Å². The number of halogens is 2. The van der Waals surface area contributed by atoms with Gasteiger partial charge in [-0.1, -0.05) is 25.7 Å². The average Bonchev–Trinajstić information content (AvgIpc) is 2.70. The summed E-state index contributed by atoms with van der Waals surface area (Å²) in [4.78, 5) is 17.8. The number of ether oxygens (including phenoxy) is 1. The van der Waals surface area contributed by atoms with E-state index in [1.807, 2.05) is 6.07 Å². The van der Waals surface area contributed by atoms with Crippen molar-refractivity contribution in [1.29, 1.82) is 0 Å². The summed E-state index contributed by atoms with van der Waals surface area (Å²) in [5, 5.41) is 9.09. The van der Waals surface area contributed by atoms with E-state index in [0.717, 1.165) is 40.8 Å². The molecule has 1 heterocycles. The summed E-state index contributed by atoms with van der Waals surface area (Å²) in [6.45, 7) is 4.09. The molecule has 1 amide bonds. The number of unbranched alkanes of at least 4 members (excludes halogenated alkanes) is 7. The molecule has 1 N–H and O–H groups in total. The van der Waals surface area contributed by atoms with Crippen molar-refractivity contribution < 1.29 is 57.6 Å². The second-order valence-corrected chi connectivity index (χ2v) is 10.5. The Morgan fingerprint density at radius 2 is 1.38 bits per heavy atom. The number of aliphatic hydroxyl groups is 1. The van der Waals surface area contributed by atoms with E-state index in [1.54, 1.807) is 26.4 Å². The first-order chi connectivity index (χ1) is 15.1. The fourth-order valence-electron chi connectivity index (χ4n) is 3.83. The van der Waals surface area contributed by atoms with Crippen LogP contribution in [-0.2, 0) is 6.54 Å². The summed E-state index contributed by atoms with van der Waals surface area (Å²) in [6, 6.07) is 3.62. The van der Waals surface area contributed by atoms with E-state index >= 15 is 0 Å². The van der Waals surface area contributed by atoms with Gasteiger partial charge in [-0.2, -0.15) is 0 Å². The van der Waals surface area contributed by atoms with Crippen LogP contribution < -0.4 is 38.7 Å². The molecule has 0 saturated heterocycles. The Hall–Kier alpha value is -0.740. The maximum Gasteiger partial charge on any atom is 0.414 e. The van der Waals surface area contributed by atoms with Crippen LogP contribution in [0, 0.1) is 0 Å². The molecule has 0 saturated carbocycles. The number of amides is 1. The average molecular weight is 612 g/mol. The SMILES string of the molecule is CN(C)C(=O)Oc1cccnc1C[N+](C)(C)CCCCCCCCCC[N+](C)(C)CCO.[Br-].[Br-]. The van der Waals surface area contributed by atoms with E-state index in [2.05, 4.69) is 33.2 Å². The fraction of sp³-hybridized carbons (Fsp3) is 0.760. The van der Waals surface area contributed by atoms with Crippen molar-refractivity contribution in [3.63, 3.8) is 0 Å². The Bertz CT molecular complexity index is 673. The molecule has 0 aromatic carbocycles. The molecule has 0 aliphatic heterocycles. The van der Waals surface area contributed by atoms with Crippen LogP contribution in [0.3, 0.4) is 0 Å². The monoisotopic (exact) mass is 610 g/mol. The first-order valence-corrected chi connectivity index (χ1v) is 12.1. The summed E-state index contributed by atoms with van der Waals surface area (Å²) in [5.74, 6) is 0.552. The van der Waals surface area contributed by atoms with Gasteiger partial charge in [-0.3, -0.25) is 4.98 Å². The molecule has 0 bridgehead atoms. The molecule has 34 heavy (non-hydrogen) atoms. The molecule has 0 spiro atoms. The van der Waals surface area contributed by atoms with Gasteiger partial charge in [0.1, 0.15) is 18.8 Å². The Morgan fingerprint density at radius 3 is 1.88 bits per heavy atom. The van der Waals surface area contributed by atoms with Gasteiger partial charge in [0, 0.05) is 20.3 Å². The van der Waals surface area contributed by atoms with Gasteiger partial charge in [0.2, 0.25) is 0 Å². The van der Waals surface area contributed by atoms with Crippen LogP contribution in [0.4, 0.5) is 4.79 Å². The fourth-order valence-corrected chi connectivity index (χ4v) is 3.83. The number of pyridine rings is 1. The van der Waals surface area contributed by atoms with Gasteiger partial charge in [0.05, 0.1) is 47.9 Å². The Balaban J connectivity index is 0. The zero-order valence-corrected chi connectivity index (χ0v) is 25.4. The molecule has 7 nitrogen and oxygen atoms in total. The molecule has 1 rings (SSSR count). The van der Waals surface area contributed by atoms with E-state index in [4.69, 9.17) is 9.84 Å². The third-order valence-corrected chi connectivity index (χ3v) is 5.97. The van der Waals surface area contributed by atoms with Crippen LogP contribution >= 0.6 is 0 Å². The van der Waals surface area contributed by atoms with E-state index in [-0.39, 0.29) is 46.7 Å². The van der Waals surface area contributed by atoms with Crippen molar-refractivity contribution in [2.45, 2.75) is 57.9 Å². The van der Waals surface area contributed by atoms with Crippen LogP contribution in [0.15, 0.2) is 18.3 Å². The van der Waals surface area contributed by atoms with Crippen molar-refractivity contribution >= 4 is 6.09 Å². The summed E-state index contributed by atoms with van der Waals surface area (Å²) < 4.78 is 7.23. The normalized spacial score (nSPS) is 11.4. The molecule has 0 aliphatic rings. The van der Waals surface area contributed by atoms with E-state index < -0.39 is 0 Å². The number of nitrogens with zero attached hydrogens (tertiary/aromatic N) is 4. The second kappa shape index (κ2) is 18.5. The highest BCUT2D eigenvalue weighted by atomic mass is 79.9. The molecule has 0 atom stereocenters. The minimum absolute atomic E-state index is 0. The third kappa shape index (κ3) is 16.0. The van der Waals surface area contributed by atoms with Crippen LogP contribution in [0.25, 0.3) is 0 Å². The van der Waals surface area contributed by atoms with Gasteiger partial charge in [0.15, 0.2) is 5.75 Å². The molecular weight excluding hydrogens is 564 g/mol. The largest absolute Gasteiger partial charge is 1.00 e. The predicted octanol–water partition coefficient (Wildman–Crippen LogP) is -2.08. The molecule has 0 aliphatic carbocycles. The first-order valence-electron chi connectivity index (χ1n) is 12.1. The van der Waals surface area contributed by atoms with Crippen molar-refractivity contribution in [3.05, 3.63) is 24.0 Å². The Morgan fingerprint density at radius 1 is 0.882 bits per heavy atom. The number of aliphatic hydroxyl groups excluding tert-OH is 1. The quantitative estimate of drug-likeness (QED) is 0.172. The number of carbonyl (C=O) groups excluding carboxylic acids is 1. The molecule has 0 unspecified atom stereocenters. The maximum atomic E-state index is 11.9. The summed E-state index contributed by atoms with van der Waals surface area (Å²) >= 11 is 0.